The molecule has 1 aliphatic rings. The second-order valence-electron chi connectivity index (χ2n) is 3.89. The van der Waals surface area contributed by atoms with Crippen molar-refractivity contribution in [3.63, 3.8) is 0 Å². The number of aromatic nitrogens is 1. The van der Waals surface area contributed by atoms with Crippen LogP contribution in [0.2, 0.25) is 0 Å². The molecule has 2 N–H and O–H groups in total. The molecule has 0 atom stereocenters. The first-order chi connectivity index (χ1) is 7.36. The lowest BCUT2D eigenvalue weighted by Crippen LogP contribution is -2.36. The quantitative estimate of drug-likeness (QED) is 0.582. The fraction of sp³-hybridized carbons (Fsp3) is 0.545. The van der Waals surface area contributed by atoms with E-state index in [1.54, 1.807) is 16.9 Å². The first-order valence-electron chi connectivity index (χ1n) is 5.32. The second-order valence-corrected chi connectivity index (χ2v) is 4.61. The maximum absolute atomic E-state index is 4.25. The Balaban J connectivity index is 1.63. The highest BCUT2D eigenvalue weighted by Gasteiger charge is 2.09. The second kappa shape index (κ2) is 5.39. The lowest BCUT2D eigenvalue weighted by molar-refractivity contribution is 0.639. The molecule has 2 heterocycles. The first kappa shape index (κ1) is 10.8. The number of nitrogens with one attached hydrogen (secondary N) is 2. The van der Waals surface area contributed by atoms with Gasteiger partial charge in [-0.1, -0.05) is 5.57 Å². The van der Waals surface area contributed by atoms with Gasteiger partial charge in [0, 0.05) is 38.0 Å². The summed E-state index contributed by atoms with van der Waals surface area (Å²) in [5.74, 6) is 0. The van der Waals surface area contributed by atoms with Gasteiger partial charge in [0.2, 0.25) is 0 Å². The first-order valence-corrected chi connectivity index (χ1v) is 6.26. The molecule has 0 bridgehead atoms. The molecule has 1 saturated heterocycles. The molecule has 1 aromatic rings. The van der Waals surface area contributed by atoms with Crippen molar-refractivity contribution in [2.75, 3.05) is 26.2 Å². The maximum Gasteiger partial charge on any atom is 0.0794 e. The summed E-state index contributed by atoms with van der Waals surface area (Å²) in [7, 11) is 0. The number of rotatable bonds is 5. The molecule has 1 aromatic heterocycles. The van der Waals surface area contributed by atoms with E-state index in [0.717, 1.165) is 32.6 Å². The fourth-order valence-corrected chi connectivity index (χ4v) is 2.12. The molecule has 4 heteroatoms. The molecule has 0 saturated carbocycles. The molecule has 0 aliphatic carbocycles. The monoisotopic (exact) mass is 223 g/mol. The average molecular weight is 223 g/mol. The molecule has 15 heavy (non-hydrogen) atoms. The molecule has 2 rings (SSSR count). The van der Waals surface area contributed by atoms with Crippen molar-refractivity contribution in [3.8, 4) is 0 Å². The van der Waals surface area contributed by atoms with Gasteiger partial charge in [0.25, 0.3) is 0 Å². The van der Waals surface area contributed by atoms with E-state index in [4.69, 9.17) is 0 Å². The predicted octanol–water partition coefficient (Wildman–Crippen LogP) is 1.19. The van der Waals surface area contributed by atoms with Crippen LogP contribution in [-0.2, 0) is 6.42 Å². The Labute approximate surface area is 94.6 Å². The smallest absolute Gasteiger partial charge is 0.0794 e. The average Bonchev–Trinajstić information content (AvgIpc) is 2.62. The number of hydrogen-bond donors (Lipinski definition) is 2. The minimum atomic E-state index is 1.02. The summed E-state index contributed by atoms with van der Waals surface area (Å²) >= 11 is 1.67. The molecule has 0 aromatic carbocycles. The molecule has 1 fully saturated rings. The summed E-state index contributed by atoms with van der Waals surface area (Å²) in [6, 6.07) is 0. The van der Waals surface area contributed by atoms with Gasteiger partial charge in [0.15, 0.2) is 0 Å². The van der Waals surface area contributed by atoms with Crippen LogP contribution >= 0.6 is 11.3 Å². The standard InChI is InChI=1S/C11H17N3S/c1-9(10-5-13-6-10)4-12-3-2-11-7-15-8-14-11/h7-8,12-13H,2-6H2,1H3. The highest BCUT2D eigenvalue weighted by molar-refractivity contribution is 7.07. The van der Waals surface area contributed by atoms with Gasteiger partial charge in [-0.3, -0.25) is 0 Å². The van der Waals surface area contributed by atoms with Gasteiger partial charge >= 0.3 is 0 Å². The van der Waals surface area contributed by atoms with E-state index in [2.05, 4.69) is 27.9 Å². The van der Waals surface area contributed by atoms with Crippen molar-refractivity contribution < 1.29 is 0 Å². The Kier molecular flexibility index (Phi) is 3.88. The van der Waals surface area contributed by atoms with Gasteiger partial charge in [-0.05, 0) is 12.5 Å². The molecule has 0 spiro atoms. The normalized spacial score (nSPS) is 15.1. The molecular weight excluding hydrogens is 206 g/mol. The maximum atomic E-state index is 4.25. The zero-order chi connectivity index (χ0) is 10.5. The lowest BCUT2D eigenvalue weighted by atomic mass is 10.0. The summed E-state index contributed by atoms with van der Waals surface area (Å²) in [5.41, 5.74) is 6.15. The van der Waals surface area contributed by atoms with Gasteiger partial charge in [-0.2, -0.15) is 0 Å². The minimum Gasteiger partial charge on any atom is -0.313 e. The molecule has 0 amide bonds. The summed E-state index contributed by atoms with van der Waals surface area (Å²) in [4.78, 5) is 4.25. The van der Waals surface area contributed by atoms with Crippen LogP contribution in [0.3, 0.4) is 0 Å². The largest absolute Gasteiger partial charge is 0.313 e. The van der Waals surface area contributed by atoms with Gasteiger partial charge in [0.05, 0.1) is 11.2 Å². The van der Waals surface area contributed by atoms with E-state index in [9.17, 15) is 0 Å². The third kappa shape index (κ3) is 3.12. The summed E-state index contributed by atoms with van der Waals surface area (Å²) < 4.78 is 0. The molecule has 0 radical (unpaired) electrons. The predicted molar refractivity (Wildman–Crippen MR) is 64.3 cm³/mol. The van der Waals surface area contributed by atoms with Crippen LogP contribution in [0.4, 0.5) is 0 Å². The van der Waals surface area contributed by atoms with E-state index in [1.165, 1.54) is 11.3 Å². The zero-order valence-corrected chi connectivity index (χ0v) is 9.86. The fourth-order valence-electron chi connectivity index (χ4n) is 1.53. The summed E-state index contributed by atoms with van der Waals surface area (Å²) in [5, 5.41) is 8.83. The van der Waals surface area contributed by atoms with Crippen LogP contribution in [0.15, 0.2) is 22.0 Å². The van der Waals surface area contributed by atoms with Gasteiger partial charge < -0.3 is 10.6 Å². The number of hydrogen-bond acceptors (Lipinski definition) is 4. The Morgan fingerprint density at radius 2 is 2.47 bits per heavy atom. The van der Waals surface area contributed by atoms with E-state index in [1.807, 2.05) is 5.51 Å². The van der Waals surface area contributed by atoms with Gasteiger partial charge in [0.1, 0.15) is 0 Å². The highest BCUT2D eigenvalue weighted by Crippen LogP contribution is 2.07. The van der Waals surface area contributed by atoms with Crippen molar-refractivity contribution in [2.45, 2.75) is 13.3 Å². The lowest BCUT2D eigenvalue weighted by Gasteiger charge is -2.22. The van der Waals surface area contributed by atoms with Crippen molar-refractivity contribution in [1.82, 2.24) is 15.6 Å². The minimum absolute atomic E-state index is 1.02. The molecular formula is C11H17N3S. The zero-order valence-electron chi connectivity index (χ0n) is 9.05. The van der Waals surface area contributed by atoms with Crippen molar-refractivity contribution in [3.05, 3.63) is 27.7 Å². The van der Waals surface area contributed by atoms with Crippen LogP contribution in [0.25, 0.3) is 0 Å². The van der Waals surface area contributed by atoms with E-state index >= 15 is 0 Å². The SMILES string of the molecule is CC(CNCCc1cscn1)=C1CNC1. The van der Waals surface area contributed by atoms with Crippen LogP contribution in [0.5, 0.6) is 0 Å². The van der Waals surface area contributed by atoms with Crippen molar-refractivity contribution in [2.24, 2.45) is 0 Å². The van der Waals surface area contributed by atoms with Crippen molar-refractivity contribution >= 4 is 11.3 Å². The van der Waals surface area contributed by atoms with Crippen LogP contribution < -0.4 is 10.6 Å². The Bertz CT molecular complexity index is 324. The third-order valence-corrected chi connectivity index (χ3v) is 3.35. The molecule has 1 aliphatic heterocycles. The van der Waals surface area contributed by atoms with E-state index < -0.39 is 0 Å². The molecule has 3 nitrogen and oxygen atoms in total. The Morgan fingerprint density at radius 3 is 3.07 bits per heavy atom. The molecule has 82 valence electrons. The van der Waals surface area contributed by atoms with E-state index in [-0.39, 0.29) is 0 Å². The van der Waals surface area contributed by atoms with Crippen LogP contribution in [0.1, 0.15) is 12.6 Å². The van der Waals surface area contributed by atoms with Crippen LogP contribution in [0, 0.1) is 0 Å². The Hall–Kier alpha value is -0.710. The van der Waals surface area contributed by atoms with Gasteiger partial charge in [-0.25, -0.2) is 4.98 Å². The third-order valence-electron chi connectivity index (χ3n) is 2.71. The molecule has 0 unspecified atom stereocenters. The summed E-state index contributed by atoms with van der Waals surface area (Å²) in [6.07, 6.45) is 1.03. The van der Waals surface area contributed by atoms with Crippen LogP contribution in [-0.4, -0.2) is 31.2 Å². The van der Waals surface area contributed by atoms with E-state index in [0.29, 0.717) is 0 Å². The van der Waals surface area contributed by atoms with Crippen molar-refractivity contribution in [1.29, 1.82) is 0 Å². The Morgan fingerprint density at radius 1 is 1.60 bits per heavy atom. The summed E-state index contributed by atoms with van der Waals surface area (Å²) in [6.45, 7) is 6.41. The number of thiazole rings is 1. The van der Waals surface area contributed by atoms with Gasteiger partial charge in [-0.15, -0.1) is 11.3 Å². The number of nitrogens with zero attached hydrogens (tertiary/aromatic N) is 1. The topological polar surface area (TPSA) is 37.0 Å². The highest BCUT2D eigenvalue weighted by atomic mass is 32.1.